The molecule has 3 rings (SSSR count). The summed E-state index contributed by atoms with van der Waals surface area (Å²) in [5.41, 5.74) is 9.48. The Bertz CT molecular complexity index is 768. The molecular formula is C21H27ClN2O2. The number of amides is 1. The lowest BCUT2D eigenvalue weighted by Crippen LogP contribution is -2.37. The van der Waals surface area contributed by atoms with E-state index in [-0.39, 0.29) is 18.3 Å². The van der Waals surface area contributed by atoms with Gasteiger partial charge in [-0.25, -0.2) is 0 Å². The van der Waals surface area contributed by atoms with Crippen molar-refractivity contribution in [3.05, 3.63) is 59.2 Å². The molecule has 0 heterocycles. The van der Waals surface area contributed by atoms with E-state index in [1.54, 1.807) is 0 Å². The van der Waals surface area contributed by atoms with E-state index in [0.717, 1.165) is 29.8 Å². The zero-order valence-corrected chi connectivity index (χ0v) is 16.4. The fourth-order valence-corrected chi connectivity index (χ4v) is 2.71. The summed E-state index contributed by atoms with van der Waals surface area (Å²) in [6.07, 6.45) is 1.53. The van der Waals surface area contributed by atoms with Crippen LogP contribution in [-0.4, -0.2) is 11.4 Å². The van der Waals surface area contributed by atoms with Crippen LogP contribution in [0.15, 0.2) is 42.5 Å². The van der Waals surface area contributed by atoms with Crippen molar-refractivity contribution in [2.75, 3.05) is 5.32 Å². The molecule has 1 saturated carbocycles. The Kier molecular flexibility index (Phi) is 6.32. The third-order valence-electron chi connectivity index (χ3n) is 4.64. The van der Waals surface area contributed by atoms with Crippen LogP contribution in [0.5, 0.6) is 5.75 Å². The van der Waals surface area contributed by atoms with Crippen LogP contribution in [0.1, 0.15) is 49.3 Å². The summed E-state index contributed by atoms with van der Waals surface area (Å²) >= 11 is 0. The van der Waals surface area contributed by atoms with E-state index in [9.17, 15) is 4.79 Å². The van der Waals surface area contributed by atoms with Crippen LogP contribution in [0, 0.1) is 6.92 Å². The Hall–Kier alpha value is -2.04. The largest absolute Gasteiger partial charge is 0.489 e. The average molecular weight is 375 g/mol. The highest BCUT2D eigenvalue weighted by Gasteiger charge is 2.45. The topological polar surface area (TPSA) is 64.3 Å². The van der Waals surface area contributed by atoms with Gasteiger partial charge in [-0.05, 0) is 60.6 Å². The highest BCUT2D eigenvalue weighted by Crippen LogP contribution is 2.33. The fourth-order valence-electron chi connectivity index (χ4n) is 2.71. The number of ether oxygens (including phenoxy) is 1. The minimum Gasteiger partial charge on any atom is -0.489 e. The number of carbonyl (C=O) groups excluding carboxylic acids is 1. The number of benzene rings is 2. The lowest BCUT2D eigenvalue weighted by molar-refractivity contribution is -0.118. The van der Waals surface area contributed by atoms with Crippen LogP contribution >= 0.6 is 12.4 Å². The summed E-state index contributed by atoms with van der Waals surface area (Å²) < 4.78 is 6.04. The minimum absolute atomic E-state index is 0. The van der Waals surface area contributed by atoms with Gasteiger partial charge in [0.05, 0.1) is 5.54 Å². The Morgan fingerprint density at radius 1 is 1.19 bits per heavy atom. The SMILES string of the molecule is Cc1ccc(C(C)C)c(OCc2ccc(NC(=O)C3(N)CC3)cc2)c1.Cl. The highest BCUT2D eigenvalue weighted by atomic mass is 35.5. The smallest absolute Gasteiger partial charge is 0.244 e. The van der Waals surface area contributed by atoms with Gasteiger partial charge in [-0.2, -0.15) is 0 Å². The van der Waals surface area contributed by atoms with Gasteiger partial charge in [0.1, 0.15) is 12.4 Å². The van der Waals surface area contributed by atoms with Crippen LogP contribution < -0.4 is 15.8 Å². The number of nitrogens with one attached hydrogen (secondary N) is 1. The van der Waals surface area contributed by atoms with Crippen molar-refractivity contribution in [3.8, 4) is 5.75 Å². The van der Waals surface area contributed by atoms with Gasteiger partial charge in [-0.15, -0.1) is 12.4 Å². The molecule has 3 N–H and O–H groups in total. The third-order valence-corrected chi connectivity index (χ3v) is 4.64. The number of carbonyl (C=O) groups is 1. The highest BCUT2D eigenvalue weighted by molar-refractivity contribution is 6.00. The number of hydrogen-bond donors (Lipinski definition) is 2. The lowest BCUT2D eigenvalue weighted by Gasteiger charge is -2.15. The number of anilines is 1. The van der Waals surface area contributed by atoms with Gasteiger partial charge >= 0.3 is 0 Å². The summed E-state index contributed by atoms with van der Waals surface area (Å²) in [5.74, 6) is 1.25. The van der Waals surface area contributed by atoms with Crippen LogP contribution in [0.25, 0.3) is 0 Å². The van der Waals surface area contributed by atoms with Gasteiger partial charge in [0.2, 0.25) is 5.91 Å². The van der Waals surface area contributed by atoms with Gasteiger partial charge in [-0.1, -0.05) is 38.1 Å². The Balaban J connectivity index is 0.00000243. The minimum atomic E-state index is -0.653. The van der Waals surface area contributed by atoms with E-state index in [0.29, 0.717) is 12.5 Å². The van der Waals surface area contributed by atoms with Crippen LogP contribution in [0.4, 0.5) is 5.69 Å². The molecule has 0 bridgehead atoms. The molecule has 1 fully saturated rings. The first-order chi connectivity index (χ1) is 11.9. The van der Waals surface area contributed by atoms with E-state index in [4.69, 9.17) is 10.5 Å². The first-order valence-electron chi connectivity index (χ1n) is 8.80. The summed E-state index contributed by atoms with van der Waals surface area (Å²) in [7, 11) is 0. The number of aryl methyl sites for hydroxylation is 1. The lowest BCUT2D eigenvalue weighted by atomic mass is 10.0. The molecule has 5 heteroatoms. The van der Waals surface area contributed by atoms with Gasteiger partial charge < -0.3 is 15.8 Å². The first kappa shape index (κ1) is 20.3. The molecule has 0 spiro atoms. The van der Waals surface area contributed by atoms with Crippen molar-refractivity contribution < 1.29 is 9.53 Å². The summed E-state index contributed by atoms with van der Waals surface area (Å²) in [6.45, 7) is 6.90. The third kappa shape index (κ3) is 4.77. The summed E-state index contributed by atoms with van der Waals surface area (Å²) in [4.78, 5) is 12.0. The second-order valence-corrected chi connectivity index (χ2v) is 7.29. The van der Waals surface area contributed by atoms with Crippen molar-refractivity contribution in [3.63, 3.8) is 0 Å². The number of hydrogen-bond acceptors (Lipinski definition) is 3. The molecule has 1 amide bonds. The maximum atomic E-state index is 12.0. The van der Waals surface area contributed by atoms with Crippen molar-refractivity contribution in [1.82, 2.24) is 0 Å². The van der Waals surface area contributed by atoms with E-state index in [2.05, 4.69) is 44.3 Å². The molecule has 0 aliphatic heterocycles. The molecule has 2 aromatic rings. The van der Waals surface area contributed by atoms with Gasteiger partial charge in [-0.3, -0.25) is 4.79 Å². The van der Waals surface area contributed by atoms with Gasteiger partial charge in [0, 0.05) is 5.69 Å². The zero-order valence-electron chi connectivity index (χ0n) is 15.5. The predicted molar refractivity (Wildman–Crippen MR) is 108 cm³/mol. The molecular weight excluding hydrogens is 348 g/mol. The van der Waals surface area contributed by atoms with E-state index in [1.165, 1.54) is 11.1 Å². The maximum Gasteiger partial charge on any atom is 0.244 e. The van der Waals surface area contributed by atoms with Crippen molar-refractivity contribution in [2.24, 2.45) is 5.73 Å². The number of rotatable bonds is 6. The average Bonchev–Trinajstić information content (AvgIpc) is 3.33. The Labute approximate surface area is 161 Å². The van der Waals surface area contributed by atoms with E-state index in [1.807, 2.05) is 24.3 Å². The standard InChI is InChI=1S/C21H26N2O2.ClH/c1-14(2)18-9-4-15(3)12-19(18)25-13-16-5-7-17(8-6-16)23-20(24)21(22)10-11-21;/h4-9,12,14H,10-11,13,22H2,1-3H3,(H,23,24);1H. The monoisotopic (exact) mass is 374 g/mol. The van der Waals surface area contributed by atoms with Gasteiger partial charge in [0.15, 0.2) is 0 Å². The second-order valence-electron chi connectivity index (χ2n) is 7.29. The molecule has 4 nitrogen and oxygen atoms in total. The molecule has 0 saturated heterocycles. The van der Waals surface area contributed by atoms with Crippen LogP contribution in [0.2, 0.25) is 0 Å². The Morgan fingerprint density at radius 2 is 1.85 bits per heavy atom. The maximum absolute atomic E-state index is 12.0. The molecule has 1 aliphatic carbocycles. The van der Waals surface area contributed by atoms with Crippen molar-refractivity contribution in [2.45, 2.75) is 51.7 Å². The molecule has 0 unspecified atom stereocenters. The Morgan fingerprint density at radius 3 is 2.42 bits per heavy atom. The fraction of sp³-hybridized carbons (Fsp3) is 0.381. The summed E-state index contributed by atoms with van der Waals surface area (Å²) in [5, 5.41) is 2.87. The molecule has 140 valence electrons. The second kappa shape index (κ2) is 8.11. The normalized spacial score (nSPS) is 14.5. The number of halogens is 1. The molecule has 0 aromatic heterocycles. The molecule has 2 aromatic carbocycles. The zero-order chi connectivity index (χ0) is 18.0. The van der Waals surface area contributed by atoms with Crippen molar-refractivity contribution >= 4 is 24.0 Å². The van der Waals surface area contributed by atoms with Crippen molar-refractivity contribution in [1.29, 1.82) is 0 Å². The van der Waals surface area contributed by atoms with E-state index >= 15 is 0 Å². The molecule has 1 aliphatic rings. The van der Waals surface area contributed by atoms with E-state index < -0.39 is 5.54 Å². The molecule has 0 radical (unpaired) electrons. The number of nitrogens with two attached hydrogens (primary N) is 1. The van der Waals surface area contributed by atoms with Crippen LogP contribution in [-0.2, 0) is 11.4 Å². The molecule has 26 heavy (non-hydrogen) atoms. The predicted octanol–water partition coefficient (Wildman–Crippen LogP) is 4.55. The molecule has 0 atom stereocenters. The summed E-state index contributed by atoms with van der Waals surface area (Å²) in [6, 6.07) is 14.1. The first-order valence-corrected chi connectivity index (χ1v) is 8.80. The quantitative estimate of drug-likeness (QED) is 0.779. The van der Waals surface area contributed by atoms with Gasteiger partial charge in [0.25, 0.3) is 0 Å². The van der Waals surface area contributed by atoms with Crippen LogP contribution in [0.3, 0.4) is 0 Å².